The van der Waals surface area contributed by atoms with Crippen LogP contribution in [0.2, 0.25) is 0 Å². The van der Waals surface area contributed by atoms with Crippen LogP contribution in [0.3, 0.4) is 0 Å². The maximum Gasteiger partial charge on any atom is 0.305 e. The average Bonchev–Trinajstić information content (AvgIpc) is 2.91. The molecule has 1 amide bonds. The van der Waals surface area contributed by atoms with Gasteiger partial charge in [-0.2, -0.15) is 4.39 Å². The second-order valence-electron chi connectivity index (χ2n) is 5.26. The summed E-state index contributed by atoms with van der Waals surface area (Å²) in [6.07, 6.45) is 4.60. The zero-order chi connectivity index (χ0) is 14.7. The number of carbonyl (C=O) groups is 1. The SMILES string of the molecule is CN(CC1CCCC1)C(=O)c1ccc(F)c([N+](=O)[O-])c1. The summed E-state index contributed by atoms with van der Waals surface area (Å²) in [6, 6.07) is 3.26. The Bertz CT molecular complexity index is 527. The molecule has 1 aliphatic carbocycles. The second-order valence-corrected chi connectivity index (χ2v) is 5.26. The van der Waals surface area contributed by atoms with Crippen LogP contribution in [-0.4, -0.2) is 29.3 Å². The Morgan fingerprint density at radius 2 is 2.10 bits per heavy atom. The predicted molar refractivity (Wildman–Crippen MR) is 72.0 cm³/mol. The van der Waals surface area contributed by atoms with Crippen LogP contribution < -0.4 is 0 Å². The van der Waals surface area contributed by atoms with Gasteiger partial charge in [-0.1, -0.05) is 12.8 Å². The highest BCUT2D eigenvalue weighted by atomic mass is 19.1. The molecule has 0 saturated heterocycles. The van der Waals surface area contributed by atoms with Gasteiger partial charge < -0.3 is 4.90 Å². The molecule has 0 spiro atoms. The predicted octanol–water partition coefficient (Wildman–Crippen LogP) is 3.00. The fraction of sp³-hybridized carbons (Fsp3) is 0.500. The van der Waals surface area contributed by atoms with Crippen molar-refractivity contribution in [3.63, 3.8) is 0 Å². The zero-order valence-corrected chi connectivity index (χ0v) is 11.3. The monoisotopic (exact) mass is 280 g/mol. The lowest BCUT2D eigenvalue weighted by atomic mass is 10.1. The molecule has 1 saturated carbocycles. The molecular formula is C14H17FN2O3. The minimum atomic E-state index is -0.926. The summed E-state index contributed by atoms with van der Waals surface area (Å²) in [6.45, 7) is 0.643. The summed E-state index contributed by atoms with van der Waals surface area (Å²) in [5.74, 6) is -0.732. The van der Waals surface area contributed by atoms with E-state index >= 15 is 0 Å². The first kappa shape index (κ1) is 14.4. The van der Waals surface area contributed by atoms with E-state index in [4.69, 9.17) is 0 Å². The van der Waals surface area contributed by atoms with Crippen molar-refractivity contribution in [1.82, 2.24) is 4.90 Å². The van der Waals surface area contributed by atoms with Gasteiger partial charge in [0.15, 0.2) is 0 Å². The maximum atomic E-state index is 13.2. The van der Waals surface area contributed by atoms with Crippen LogP contribution in [0.5, 0.6) is 0 Å². The molecule has 0 atom stereocenters. The van der Waals surface area contributed by atoms with Crippen LogP contribution in [-0.2, 0) is 0 Å². The fourth-order valence-electron chi connectivity index (χ4n) is 2.67. The number of rotatable bonds is 4. The highest BCUT2D eigenvalue weighted by Gasteiger charge is 2.22. The summed E-state index contributed by atoms with van der Waals surface area (Å²) < 4.78 is 13.2. The number of halogens is 1. The lowest BCUT2D eigenvalue weighted by Gasteiger charge is -2.21. The smallest absolute Gasteiger partial charge is 0.305 e. The van der Waals surface area contributed by atoms with Crippen molar-refractivity contribution in [3.05, 3.63) is 39.7 Å². The molecule has 0 aliphatic heterocycles. The molecule has 0 bridgehead atoms. The Morgan fingerprint density at radius 1 is 1.45 bits per heavy atom. The van der Waals surface area contributed by atoms with Crippen molar-refractivity contribution in [1.29, 1.82) is 0 Å². The lowest BCUT2D eigenvalue weighted by molar-refractivity contribution is -0.387. The van der Waals surface area contributed by atoms with E-state index < -0.39 is 16.4 Å². The minimum Gasteiger partial charge on any atom is -0.341 e. The third-order valence-corrected chi connectivity index (χ3v) is 3.74. The molecule has 0 radical (unpaired) electrons. The summed E-state index contributed by atoms with van der Waals surface area (Å²) in [5.41, 5.74) is -0.510. The number of amides is 1. The van der Waals surface area contributed by atoms with Crippen LogP contribution in [0.25, 0.3) is 0 Å². The van der Waals surface area contributed by atoms with Gasteiger partial charge in [0.05, 0.1) is 4.92 Å². The normalized spacial score (nSPS) is 15.3. The molecule has 2 rings (SSSR count). The average molecular weight is 280 g/mol. The first-order valence-electron chi connectivity index (χ1n) is 6.68. The Kier molecular flexibility index (Phi) is 4.32. The zero-order valence-electron chi connectivity index (χ0n) is 11.3. The molecule has 1 aliphatic rings. The van der Waals surface area contributed by atoms with E-state index in [0.29, 0.717) is 12.5 Å². The third-order valence-electron chi connectivity index (χ3n) is 3.74. The molecule has 20 heavy (non-hydrogen) atoms. The molecular weight excluding hydrogens is 263 g/mol. The highest BCUT2D eigenvalue weighted by molar-refractivity contribution is 5.94. The van der Waals surface area contributed by atoms with Gasteiger partial charge in [0.2, 0.25) is 5.82 Å². The van der Waals surface area contributed by atoms with Crippen molar-refractivity contribution >= 4 is 11.6 Å². The quantitative estimate of drug-likeness (QED) is 0.629. The molecule has 0 unspecified atom stereocenters. The largest absolute Gasteiger partial charge is 0.341 e. The van der Waals surface area contributed by atoms with Crippen LogP contribution in [0.4, 0.5) is 10.1 Å². The molecule has 6 heteroatoms. The van der Waals surface area contributed by atoms with E-state index in [1.54, 1.807) is 11.9 Å². The number of nitrogens with zero attached hydrogens (tertiary/aromatic N) is 2. The summed E-state index contributed by atoms with van der Waals surface area (Å²) in [4.78, 5) is 23.6. The van der Waals surface area contributed by atoms with E-state index in [-0.39, 0.29) is 11.5 Å². The van der Waals surface area contributed by atoms with Crippen LogP contribution in [0.15, 0.2) is 18.2 Å². The topological polar surface area (TPSA) is 63.5 Å². The number of hydrogen-bond donors (Lipinski definition) is 0. The molecule has 0 heterocycles. The van der Waals surface area contributed by atoms with Crippen LogP contribution in [0.1, 0.15) is 36.0 Å². The first-order valence-corrected chi connectivity index (χ1v) is 6.68. The van der Waals surface area contributed by atoms with E-state index in [1.807, 2.05) is 0 Å². The first-order chi connectivity index (χ1) is 9.49. The van der Waals surface area contributed by atoms with Crippen LogP contribution >= 0.6 is 0 Å². The van der Waals surface area contributed by atoms with Crippen molar-refractivity contribution in [2.45, 2.75) is 25.7 Å². The van der Waals surface area contributed by atoms with E-state index in [0.717, 1.165) is 25.0 Å². The van der Waals surface area contributed by atoms with Crippen molar-refractivity contribution in [2.24, 2.45) is 5.92 Å². The standard InChI is InChI=1S/C14H17FN2O3/c1-16(9-10-4-2-3-5-10)14(18)11-6-7-12(15)13(8-11)17(19)20/h6-8,10H,2-5,9H2,1H3. The van der Waals surface area contributed by atoms with Gasteiger partial charge in [0, 0.05) is 25.2 Å². The van der Waals surface area contributed by atoms with Gasteiger partial charge in [-0.05, 0) is 30.9 Å². The lowest BCUT2D eigenvalue weighted by Crippen LogP contribution is -2.31. The summed E-state index contributed by atoms with van der Waals surface area (Å²) >= 11 is 0. The molecule has 0 N–H and O–H groups in total. The van der Waals surface area contributed by atoms with Gasteiger partial charge in [-0.25, -0.2) is 0 Å². The van der Waals surface area contributed by atoms with E-state index in [1.165, 1.54) is 18.9 Å². The third kappa shape index (κ3) is 3.12. The molecule has 108 valence electrons. The molecule has 5 nitrogen and oxygen atoms in total. The molecule has 0 aromatic heterocycles. The summed E-state index contributed by atoms with van der Waals surface area (Å²) in [5, 5.41) is 10.7. The van der Waals surface area contributed by atoms with Gasteiger partial charge in [-0.3, -0.25) is 14.9 Å². The highest BCUT2D eigenvalue weighted by Crippen LogP contribution is 2.26. The van der Waals surface area contributed by atoms with E-state index in [2.05, 4.69) is 0 Å². The molecule has 1 fully saturated rings. The number of benzene rings is 1. The van der Waals surface area contributed by atoms with Crippen molar-refractivity contribution in [3.8, 4) is 0 Å². The molecule has 1 aromatic rings. The Labute approximate surface area is 116 Å². The number of hydrogen-bond acceptors (Lipinski definition) is 3. The van der Waals surface area contributed by atoms with Gasteiger partial charge >= 0.3 is 5.69 Å². The fourth-order valence-corrected chi connectivity index (χ4v) is 2.67. The van der Waals surface area contributed by atoms with Crippen molar-refractivity contribution in [2.75, 3.05) is 13.6 Å². The van der Waals surface area contributed by atoms with Gasteiger partial charge in [-0.15, -0.1) is 0 Å². The number of carbonyl (C=O) groups excluding carboxylic acids is 1. The maximum absolute atomic E-state index is 13.2. The summed E-state index contributed by atoms with van der Waals surface area (Å²) in [7, 11) is 1.68. The van der Waals surface area contributed by atoms with Gasteiger partial charge in [0.1, 0.15) is 0 Å². The second kappa shape index (κ2) is 5.98. The Hall–Kier alpha value is -1.98. The van der Waals surface area contributed by atoms with Crippen LogP contribution in [0, 0.1) is 21.8 Å². The molecule has 1 aromatic carbocycles. The Balaban J connectivity index is 2.11. The Morgan fingerprint density at radius 3 is 2.70 bits per heavy atom. The number of nitro benzene ring substituents is 1. The minimum absolute atomic E-state index is 0.151. The van der Waals surface area contributed by atoms with Gasteiger partial charge in [0.25, 0.3) is 5.91 Å². The van der Waals surface area contributed by atoms with Crippen molar-refractivity contribution < 1.29 is 14.1 Å². The number of nitro groups is 1. The van der Waals surface area contributed by atoms with E-state index in [9.17, 15) is 19.3 Å².